The molecule has 0 radical (unpaired) electrons. The van der Waals surface area contributed by atoms with E-state index in [0.29, 0.717) is 17.9 Å². The van der Waals surface area contributed by atoms with Crippen LogP contribution in [0.4, 0.5) is 0 Å². The maximum Gasteiger partial charge on any atom is 0.262 e. The number of nitrogens with one attached hydrogen (secondary N) is 1. The molecule has 19 heavy (non-hydrogen) atoms. The van der Waals surface area contributed by atoms with E-state index in [1.165, 1.54) is 12.1 Å². The van der Waals surface area contributed by atoms with Crippen LogP contribution in [0.25, 0.3) is 0 Å². The first-order valence-electron chi connectivity index (χ1n) is 5.52. The molecule has 0 saturated heterocycles. The lowest BCUT2D eigenvalue weighted by Crippen LogP contribution is -2.29. The number of carbonyl (C=O) groups is 1. The number of sulfonamides is 1. The van der Waals surface area contributed by atoms with Crippen LogP contribution in [0.2, 0.25) is 0 Å². The molecule has 1 amide bonds. The number of benzene rings is 1. The fourth-order valence-corrected chi connectivity index (χ4v) is 2.22. The standard InChI is InChI=1S/C11H16N2O5S/c1-3-17-10-5-4-9(6-8(10)2)19(15,16)13-18-7-11(12)14/h4-6,13H,3,7H2,1-2H3,(H2,12,14). The number of aryl methyl sites for hydroxylation is 1. The van der Waals surface area contributed by atoms with Crippen molar-refractivity contribution in [1.29, 1.82) is 0 Å². The fraction of sp³-hybridized carbons (Fsp3) is 0.364. The Hall–Kier alpha value is -1.64. The first-order chi connectivity index (χ1) is 8.86. The maximum absolute atomic E-state index is 11.8. The normalized spacial score (nSPS) is 11.3. The average Bonchev–Trinajstić information content (AvgIpc) is 2.31. The van der Waals surface area contributed by atoms with Crippen molar-refractivity contribution in [2.45, 2.75) is 18.7 Å². The average molecular weight is 288 g/mol. The Bertz CT molecular complexity index is 556. The van der Waals surface area contributed by atoms with Crippen molar-refractivity contribution in [2.75, 3.05) is 13.2 Å². The zero-order chi connectivity index (χ0) is 14.5. The lowest BCUT2D eigenvalue weighted by atomic mass is 10.2. The number of hydrogen-bond acceptors (Lipinski definition) is 5. The summed E-state index contributed by atoms with van der Waals surface area (Å²) in [6.45, 7) is 3.53. The van der Waals surface area contributed by atoms with E-state index in [0.717, 1.165) is 0 Å². The van der Waals surface area contributed by atoms with Crippen molar-refractivity contribution in [3.63, 3.8) is 0 Å². The van der Waals surface area contributed by atoms with Crippen molar-refractivity contribution in [3.05, 3.63) is 23.8 Å². The lowest BCUT2D eigenvalue weighted by molar-refractivity contribution is -0.123. The summed E-state index contributed by atoms with van der Waals surface area (Å²) in [4.78, 5) is 16.8. The van der Waals surface area contributed by atoms with E-state index in [2.05, 4.69) is 4.84 Å². The molecule has 0 unspecified atom stereocenters. The summed E-state index contributed by atoms with van der Waals surface area (Å²) in [5.74, 6) is -0.162. The van der Waals surface area contributed by atoms with Crippen LogP contribution in [0.1, 0.15) is 12.5 Å². The highest BCUT2D eigenvalue weighted by Gasteiger charge is 2.16. The molecule has 8 heteroatoms. The van der Waals surface area contributed by atoms with Crippen LogP contribution in [-0.4, -0.2) is 27.5 Å². The Kier molecular flexibility index (Phi) is 5.28. The van der Waals surface area contributed by atoms with Crippen molar-refractivity contribution in [1.82, 2.24) is 4.89 Å². The van der Waals surface area contributed by atoms with Crippen LogP contribution in [0.15, 0.2) is 23.1 Å². The third-order valence-corrected chi connectivity index (χ3v) is 3.35. The van der Waals surface area contributed by atoms with Gasteiger partial charge in [0.1, 0.15) is 12.4 Å². The van der Waals surface area contributed by atoms with Gasteiger partial charge in [-0.1, -0.05) is 4.89 Å². The highest BCUT2D eigenvalue weighted by atomic mass is 32.2. The smallest absolute Gasteiger partial charge is 0.262 e. The molecule has 1 aromatic carbocycles. The number of amides is 1. The van der Waals surface area contributed by atoms with E-state index >= 15 is 0 Å². The van der Waals surface area contributed by atoms with Gasteiger partial charge in [0.15, 0.2) is 0 Å². The van der Waals surface area contributed by atoms with Crippen molar-refractivity contribution < 1.29 is 22.8 Å². The summed E-state index contributed by atoms with van der Waals surface area (Å²) in [5.41, 5.74) is 5.50. The fourth-order valence-electron chi connectivity index (χ4n) is 1.33. The highest BCUT2D eigenvalue weighted by molar-refractivity contribution is 7.89. The maximum atomic E-state index is 11.8. The topological polar surface area (TPSA) is 108 Å². The van der Waals surface area contributed by atoms with Gasteiger partial charge in [-0.05, 0) is 37.6 Å². The van der Waals surface area contributed by atoms with E-state index < -0.39 is 22.5 Å². The Labute approximate surface area is 111 Å². The molecule has 0 aliphatic rings. The number of rotatable bonds is 7. The molecule has 106 valence electrons. The Balaban J connectivity index is 2.84. The highest BCUT2D eigenvalue weighted by Crippen LogP contribution is 2.21. The van der Waals surface area contributed by atoms with Gasteiger partial charge < -0.3 is 10.5 Å². The van der Waals surface area contributed by atoms with Gasteiger partial charge in [0.05, 0.1) is 11.5 Å². The number of hydrogen-bond donors (Lipinski definition) is 2. The second-order valence-corrected chi connectivity index (χ2v) is 5.35. The predicted molar refractivity (Wildman–Crippen MR) is 67.8 cm³/mol. The summed E-state index contributed by atoms with van der Waals surface area (Å²) in [5, 5.41) is 0. The molecular weight excluding hydrogens is 272 g/mol. The number of nitrogens with two attached hydrogens (primary N) is 1. The van der Waals surface area contributed by atoms with E-state index in [9.17, 15) is 13.2 Å². The van der Waals surface area contributed by atoms with Gasteiger partial charge in [-0.25, -0.2) is 8.42 Å². The minimum Gasteiger partial charge on any atom is -0.494 e. The molecule has 0 fully saturated rings. The largest absolute Gasteiger partial charge is 0.494 e. The Morgan fingerprint density at radius 1 is 1.42 bits per heavy atom. The van der Waals surface area contributed by atoms with E-state index in [1.807, 2.05) is 11.8 Å². The van der Waals surface area contributed by atoms with Crippen LogP contribution in [0, 0.1) is 6.92 Å². The molecule has 0 atom stereocenters. The first-order valence-corrected chi connectivity index (χ1v) is 7.00. The van der Waals surface area contributed by atoms with Gasteiger partial charge in [-0.3, -0.25) is 9.63 Å². The molecule has 0 spiro atoms. The second-order valence-electron chi connectivity index (χ2n) is 3.70. The molecule has 7 nitrogen and oxygen atoms in total. The number of carbonyl (C=O) groups excluding carboxylic acids is 1. The first kappa shape index (κ1) is 15.4. The minimum atomic E-state index is -3.85. The van der Waals surface area contributed by atoms with E-state index in [4.69, 9.17) is 10.5 Å². The molecule has 3 N–H and O–H groups in total. The van der Waals surface area contributed by atoms with Crippen LogP contribution >= 0.6 is 0 Å². The van der Waals surface area contributed by atoms with Crippen LogP contribution in [-0.2, 0) is 19.7 Å². The summed E-state index contributed by atoms with van der Waals surface area (Å²) >= 11 is 0. The van der Waals surface area contributed by atoms with Gasteiger partial charge in [0, 0.05) is 0 Å². The number of primary amides is 1. The third kappa shape index (κ3) is 4.51. The monoisotopic (exact) mass is 288 g/mol. The van der Waals surface area contributed by atoms with Crippen molar-refractivity contribution in [3.8, 4) is 5.75 Å². The molecule has 0 heterocycles. The van der Waals surface area contributed by atoms with Crippen LogP contribution in [0.3, 0.4) is 0 Å². The lowest BCUT2D eigenvalue weighted by Gasteiger charge is -2.10. The minimum absolute atomic E-state index is 0.0120. The van der Waals surface area contributed by atoms with Gasteiger partial charge in [-0.15, -0.1) is 0 Å². The summed E-state index contributed by atoms with van der Waals surface area (Å²) in [6, 6.07) is 4.39. The van der Waals surface area contributed by atoms with E-state index in [-0.39, 0.29) is 4.90 Å². The van der Waals surface area contributed by atoms with Gasteiger partial charge in [0.25, 0.3) is 10.0 Å². The molecule has 0 aliphatic heterocycles. The third-order valence-electron chi connectivity index (χ3n) is 2.14. The summed E-state index contributed by atoms with van der Waals surface area (Å²) in [7, 11) is -3.85. The SMILES string of the molecule is CCOc1ccc(S(=O)(=O)NOCC(N)=O)cc1C. The Morgan fingerprint density at radius 2 is 2.11 bits per heavy atom. The molecular formula is C11H16N2O5S. The molecule has 1 aromatic rings. The quantitative estimate of drug-likeness (QED) is 0.691. The van der Waals surface area contributed by atoms with Crippen molar-refractivity contribution >= 4 is 15.9 Å². The second kappa shape index (κ2) is 6.50. The van der Waals surface area contributed by atoms with Gasteiger partial charge in [-0.2, -0.15) is 0 Å². The summed E-state index contributed by atoms with van der Waals surface area (Å²) < 4.78 is 28.9. The van der Waals surface area contributed by atoms with Gasteiger partial charge in [0.2, 0.25) is 5.91 Å². The molecule has 0 saturated carbocycles. The van der Waals surface area contributed by atoms with Crippen molar-refractivity contribution in [2.24, 2.45) is 5.73 Å². The molecule has 0 aliphatic carbocycles. The van der Waals surface area contributed by atoms with Gasteiger partial charge >= 0.3 is 0 Å². The summed E-state index contributed by atoms with van der Waals surface area (Å²) in [6.07, 6.45) is 0. The predicted octanol–water partition coefficient (Wildman–Crippen LogP) is 0.0889. The molecule has 0 bridgehead atoms. The Morgan fingerprint density at radius 3 is 2.63 bits per heavy atom. The zero-order valence-corrected chi connectivity index (χ0v) is 11.5. The van der Waals surface area contributed by atoms with Crippen LogP contribution in [0.5, 0.6) is 5.75 Å². The molecule has 1 rings (SSSR count). The number of ether oxygens (including phenoxy) is 1. The zero-order valence-electron chi connectivity index (χ0n) is 10.7. The molecule has 0 aromatic heterocycles. The van der Waals surface area contributed by atoms with E-state index in [1.54, 1.807) is 13.0 Å². The van der Waals surface area contributed by atoms with Crippen LogP contribution < -0.4 is 15.4 Å².